The summed E-state index contributed by atoms with van der Waals surface area (Å²) in [6.07, 6.45) is 0. The lowest BCUT2D eigenvalue weighted by atomic mass is 10.2. The van der Waals surface area contributed by atoms with Crippen molar-refractivity contribution in [3.8, 4) is 11.4 Å². The number of amides is 1. The highest BCUT2D eigenvalue weighted by Crippen LogP contribution is 2.30. The number of aromatic nitrogens is 2. The van der Waals surface area contributed by atoms with E-state index >= 15 is 0 Å². The molecule has 0 radical (unpaired) electrons. The van der Waals surface area contributed by atoms with Crippen molar-refractivity contribution in [2.45, 2.75) is 0 Å². The third-order valence-corrected chi connectivity index (χ3v) is 4.32. The average Bonchev–Trinajstić information content (AvgIpc) is 2.96. The number of benzene rings is 2. The Bertz CT molecular complexity index is 921. The lowest BCUT2D eigenvalue weighted by Gasteiger charge is -2.10. The van der Waals surface area contributed by atoms with Crippen molar-refractivity contribution in [2.75, 3.05) is 27.2 Å². The molecule has 0 aliphatic carbocycles. The zero-order valence-corrected chi connectivity index (χ0v) is 15.4. The van der Waals surface area contributed by atoms with Gasteiger partial charge in [-0.3, -0.25) is 4.79 Å². The van der Waals surface area contributed by atoms with E-state index < -0.39 is 0 Å². The number of carbonyl (C=O) groups is 1. The van der Waals surface area contributed by atoms with Crippen molar-refractivity contribution in [3.05, 3.63) is 52.0 Å². The quantitative estimate of drug-likeness (QED) is 0.711. The minimum atomic E-state index is -0.107. The molecule has 0 spiro atoms. The Hall–Kier alpha value is -2.08. The predicted molar refractivity (Wildman–Crippen MR) is 102 cm³/mol. The topological polar surface area (TPSA) is 61.0 Å². The maximum Gasteiger partial charge on any atom is 0.251 e. The Balaban J connectivity index is 1.85. The number of hydrogen-bond donors (Lipinski definition) is 2. The molecule has 0 fully saturated rings. The summed E-state index contributed by atoms with van der Waals surface area (Å²) in [5.74, 6) is 0.534. The zero-order valence-electron chi connectivity index (χ0n) is 13.9. The van der Waals surface area contributed by atoms with Gasteiger partial charge in [0, 0.05) is 29.2 Å². The molecule has 25 heavy (non-hydrogen) atoms. The molecule has 3 rings (SSSR count). The number of nitrogens with zero attached hydrogens (tertiary/aromatic N) is 2. The first kappa shape index (κ1) is 17.7. The van der Waals surface area contributed by atoms with Crippen LogP contribution in [0.15, 0.2) is 36.4 Å². The van der Waals surface area contributed by atoms with Gasteiger partial charge in [0.1, 0.15) is 5.82 Å². The van der Waals surface area contributed by atoms with Crippen molar-refractivity contribution in [2.24, 2.45) is 0 Å². The number of nitrogens with one attached hydrogen (secondary N) is 2. The molecule has 130 valence electrons. The van der Waals surface area contributed by atoms with Crippen LogP contribution in [-0.4, -0.2) is 48.0 Å². The van der Waals surface area contributed by atoms with Crippen molar-refractivity contribution in [1.29, 1.82) is 0 Å². The van der Waals surface area contributed by atoms with Crippen molar-refractivity contribution in [1.82, 2.24) is 20.2 Å². The molecule has 1 amide bonds. The van der Waals surface area contributed by atoms with E-state index in [0.717, 1.165) is 23.1 Å². The monoisotopic (exact) mass is 376 g/mol. The molecule has 5 nitrogen and oxygen atoms in total. The van der Waals surface area contributed by atoms with Crippen LogP contribution in [0.1, 0.15) is 10.4 Å². The van der Waals surface area contributed by atoms with E-state index in [-0.39, 0.29) is 5.91 Å². The molecule has 3 aromatic rings. The van der Waals surface area contributed by atoms with E-state index in [1.54, 1.807) is 24.3 Å². The molecule has 1 aromatic heterocycles. The van der Waals surface area contributed by atoms with E-state index in [1.165, 1.54) is 0 Å². The summed E-state index contributed by atoms with van der Waals surface area (Å²) >= 11 is 12.2. The van der Waals surface area contributed by atoms with Crippen molar-refractivity contribution >= 4 is 40.1 Å². The van der Waals surface area contributed by atoms with E-state index in [4.69, 9.17) is 23.2 Å². The first-order valence-electron chi connectivity index (χ1n) is 7.82. The third-order valence-electron chi connectivity index (χ3n) is 3.77. The molecule has 7 heteroatoms. The number of H-pyrrole nitrogens is 1. The Morgan fingerprint density at radius 2 is 2.00 bits per heavy atom. The molecular formula is C18H18Cl2N4O. The molecule has 0 aliphatic rings. The SMILES string of the molecule is CN(C)CCNC(=O)c1ccc2nc(-c3ccc(Cl)cc3Cl)[nH]c2c1. The largest absolute Gasteiger partial charge is 0.351 e. The van der Waals surface area contributed by atoms with Crippen molar-refractivity contribution < 1.29 is 4.79 Å². The molecule has 2 N–H and O–H groups in total. The minimum absolute atomic E-state index is 0.107. The highest BCUT2D eigenvalue weighted by molar-refractivity contribution is 6.36. The van der Waals surface area contributed by atoms with Gasteiger partial charge in [-0.15, -0.1) is 0 Å². The number of hydrogen-bond acceptors (Lipinski definition) is 3. The first-order chi connectivity index (χ1) is 11.9. The van der Waals surface area contributed by atoms with Gasteiger partial charge in [0.05, 0.1) is 16.1 Å². The number of fused-ring (bicyclic) bond motifs is 1. The van der Waals surface area contributed by atoms with Crippen LogP contribution < -0.4 is 5.32 Å². The molecule has 0 unspecified atom stereocenters. The van der Waals surface area contributed by atoms with Gasteiger partial charge >= 0.3 is 0 Å². The molecule has 0 saturated carbocycles. The Morgan fingerprint density at radius 1 is 1.20 bits per heavy atom. The Morgan fingerprint density at radius 3 is 2.72 bits per heavy atom. The number of carbonyl (C=O) groups excluding carboxylic acids is 1. The molecule has 2 aromatic carbocycles. The van der Waals surface area contributed by atoms with Gasteiger partial charge in [0.15, 0.2) is 0 Å². The van der Waals surface area contributed by atoms with Crippen LogP contribution in [0.2, 0.25) is 10.0 Å². The normalized spacial score (nSPS) is 11.2. The summed E-state index contributed by atoms with van der Waals surface area (Å²) in [5, 5.41) is 3.99. The fourth-order valence-electron chi connectivity index (χ4n) is 2.46. The molecule has 0 aliphatic heterocycles. The standard InChI is InChI=1S/C18H18Cl2N4O/c1-24(2)8-7-21-18(25)11-3-6-15-16(9-11)23-17(22-15)13-5-4-12(19)10-14(13)20/h3-6,9-10H,7-8H2,1-2H3,(H,21,25)(H,22,23). The van der Waals surface area contributed by atoms with Gasteiger partial charge in [0.2, 0.25) is 0 Å². The summed E-state index contributed by atoms with van der Waals surface area (Å²) in [4.78, 5) is 22.0. The van der Waals surface area contributed by atoms with Crippen LogP contribution in [0.5, 0.6) is 0 Å². The lowest BCUT2D eigenvalue weighted by molar-refractivity contribution is 0.0951. The van der Waals surface area contributed by atoms with Crippen LogP contribution in [0.4, 0.5) is 0 Å². The number of aromatic amines is 1. The van der Waals surface area contributed by atoms with E-state index in [2.05, 4.69) is 15.3 Å². The number of likely N-dealkylation sites (N-methyl/N-ethyl adjacent to an activating group) is 1. The molecule has 0 saturated heterocycles. The second-order valence-electron chi connectivity index (χ2n) is 6.00. The minimum Gasteiger partial charge on any atom is -0.351 e. The van der Waals surface area contributed by atoms with Gasteiger partial charge in [-0.1, -0.05) is 23.2 Å². The Kier molecular flexibility index (Phi) is 5.27. The smallest absolute Gasteiger partial charge is 0.251 e. The summed E-state index contributed by atoms with van der Waals surface area (Å²) in [7, 11) is 3.93. The summed E-state index contributed by atoms with van der Waals surface area (Å²) < 4.78 is 0. The van der Waals surface area contributed by atoms with Gasteiger partial charge < -0.3 is 15.2 Å². The van der Waals surface area contributed by atoms with Crippen LogP contribution >= 0.6 is 23.2 Å². The fraction of sp³-hybridized carbons (Fsp3) is 0.222. The Labute approximate surface area is 156 Å². The fourth-order valence-corrected chi connectivity index (χ4v) is 2.95. The highest BCUT2D eigenvalue weighted by Gasteiger charge is 2.12. The molecular weight excluding hydrogens is 359 g/mol. The van der Waals surface area contributed by atoms with Crippen molar-refractivity contribution in [3.63, 3.8) is 0 Å². The number of imidazole rings is 1. The molecule has 1 heterocycles. The van der Waals surface area contributed by atoms with Gasteiger partial charge in [-0.2, -0.15) is 0 Å². The van der Waals surface area contributed by atoms with Gasteiger partial charge in [-0.25, -0.2) is 4.98 Å². The van der Waals surface area contributed by atoms with E-state index in [9.17, 15) is 4.79 Å². The van der Waals surface area contributed by atoms with E-state index in [1.807, 2.05) is 31.1 Å². The van der Waals surface area contributed by atoms with Crippen LogP contribution in [-0.2, 0) is 0 Å². The second kappa shape index (κ2) is 7.44. The van der Waals surface area contributed by atoms with Crippen LogP contribution in [0, 0.1) is 0 Å². The maximum atomic E-state index is 12.2. The number of rotatable bonds is 5. The predicted octanol–water partition coefficient (Wildman–Crippen LogP) is 3.83. The zero-order chi connectivity index (χ0) is 18.0. The van der Waals surface area contributed by atoms with Crippen LogP contribution in [0.25, 0.3) is 22.4 Å². The summed E-state index contributed by atoms with van der Waals surface area (Å²) in [6, 6.07) is 10.6. The first-order valence-corrected chi connectivity index (χ1v) is 8.58. The summed E-state index contributed by atoms with van der Waals surface area (Å²) in [5.41, 5.74) is 2.90. The third kappa shape index (κ3) is 4.12. The lowest BCUT2D eigenvalue weighted by Crippen LogP contribution is -2.31. The van der Waals surface area contributed by atoms with Gasteiger partial charge in [0.25, 0.3) is 5.91 Å². The van der Waals surface area contributed by atoms with Gasteiger partial charge in [-0.05, 0) is 50.5 Å². The molecule has 0 atom stereocenters. The van der Waals surface area contributed by atoms with Crippen LogP contribution in [0.3, 0.4) is 0 Å². The average molecular weight is 377 g/mol. The van der Waals surface area contributed by atoms with E-state index in [0.29, 0.717) is 28.0 Å². The maximum absolute atomic E-state index is 12.2. The number of halogens is 2. The highest BCUT2D eigenvalue weighted by atomic mass is 35.5. The molecule has 0 bridgehead atoms. The summed E-state index contributed by atoms with van der Waals surface area (Å²) in [6.45, 7) is 1.38. The second-order valence-corrected chi connectivity index (χ2v) is 6.84.